The van der Waals surface area contributed by atoms with Crippen LogP contribution in [0.2, 0.25) is 0 Å². The maximum atomic E-state index is 5.81. The third kappa shape index (κ3) is 1.17. The molecule has 0 aliphatic rings. The minimum absolute atomic E-state index is 0.581. The van der Waals surface area contributed by atoms with Gasteiger partial charge in [0.2, 0.25) is 0 Å². The van der Waals surface area contributed by atoms with E-state index >= 15 is 0 Å². The number of rotatable bonds is 0. The van der Waals surface area contributed by atoms with Crippen LogP contribution in [0.5, 0.6) is 0 Å². The van der Waals surface area contributed by atoms with Gasteiger partial charge in [-0.2, -0.15) is 0 Å². The third-order valence-electron chi connectivity index (χ3n) is 2.15. The second-order valence-electron chi connectivity index (χ2n) is 3.32. The molecule has 0 saturated carbocycles. The van der Waals surface area contributed by atoms with E-state index in [0.29, 0.717) is 22.7 Å². The Balaban J connectivity index is 2.94. The van der Waals surface area contributed by atoms with Gasteiger partial charge in [0.25, 0.3) is 0 Å². The third-order valence-corrected chi connectivity index (χ3v) is 2.15. The van der Waals surface area contributed by atoms with Crippen LogP contribution < -0.4 is 22.9 Å². The van der Waals surface area contributed by atoms with Crippen molar-refractivity contribution in [1.82, 2.24) is 0 Å². The number of benzene rings is 2. The topological polar surface area (TPSA) is 104 Å². The molecular weight excluding hydrogens is 176 g/mol. The highest BCUT2D eigenvalue weighted by Crippen LogP contribution is 2.31. The molecule has 14 heavy (non-hydrogen) atoms. The lowest BCUT2D eigenvalue weighted by atomic mass is 10.1. The van der Waals surface area contributed by atoms with Crippen LogP contribution in [0, 0.1) is 0 Å². The van der Waals surface area contributed by atoms with Crippen molar-refractivity contribution in [2.75, 3.05) is 22.9 Å². The highest BCUT2D eigenvalue weighted by molar-refractivity contribution is 6.05. The summed E-state index contributed by atoms with van der Waals surface area (Å²) in [6, 6.07) is 6.99. The molecular formula is C10H12N4. The van der Waals surface area contributed by atoms with Gasteiger partial charge in [-0.1, -0.05) is 0 Å². The summed E-state index contributed by atoms with van der Waals surface area (Å²) in [4.78, 5) is 0. The fourth-order valence-electron chi connectivity index (χ4n) is 1.63. The van der Waals surface area contributed by atoms with Crippen LogP contribution in [0.1, 0.15) is 0 Å². The fraction of sp³-hybridized carbons (Fsp3) is 0. The molecule has 0 radical (unpaired) electrons. The van der Waals surface area contributed by atoms with Gasteiger partial charge in [-0.15, -0.1) is 0 Å². The summed E-state index contributed by atoms with van der Waals surface area (Å²) in [7, 11) is 0. The molecule has 0 aromatic heterocycles. The van der Waals surface area contributed by atoms with Crippen molar-refractivity contribution in [2.45, 2.75) is 0 Å². The summed E-state index contributed by atoms with van der Waals surface area (Å²) in [6.45, 7) is 0. The van der Waals surface area contributed by atoms with E-state index in [4.69, 9.17) is 22.9 Å². The van der Waals surface area contributed by atoms with Gasteiger partial charge >= 0.3 is 0 Å². The molecule has 4 heteroatoms. The van der Waals surface area contributed by atoms with Crippen LogP contribution in [0.3, 0.4) is 0 Å². The number of nitrogens with two attached hydrogens (primary N) is 4. The minimum atomic E-state index is 0.581. The van der Waals surface area contributed by atoms with Crippen LogP contribution in [-0.4, -0.2) is 0 Å². The summed E-state index contributed by atoms with van der Waals surface area (Å²) in [5, 5.41) is 1.69. The SMILES string of the molecule is Nc1cc(N)c2c(N)cc(N)cc2c1. The van der Waals surface area contributed by atoms with Crippen molar-refractivity contribution in [3.05, 3.63) is 24.3 Å². The van der Waals surface area contributed by atoms with E-state index in [-0.39, 0.29) is 0 Å². The monoisotopic (exact) mass is 188 g/mol. The van der Waals surface area contributed by atoms with E-state index in [9.17, 15) is 0 Å². The average molecular weight is 188 g/mol. The molecule has 2 aromatic carbocycles. The average Bonchev–Trinajstić information content (AvgIpc) is 1.99. The lowest BCUT2D eigenvalue weighted by Crippen LogP contribution is -1.97. The van der Waals surface area contributed by atoms with Crippen LogP contribution in [0.4, 0.5) is 22.7 Å². The van der Waals surface area contributed by atoms with Gasteiger partial charge in [0.15, 0.2) is 0 Å². The van der Waals surface area contributed by atoms with E-state index in [1.807, 2.05) is 0 Å². The Labute approximate surface area is 81.5 Å². The Kier molecular flexibility index (Phi) is 1.64. The lowest BCUT2D eigenvalue weighted by molar-refractivity contribution is 1.68. The number of hydrogen-bond donors (Lipinski definition) is 4. The zero-order chi connectivity index (χ0) is 10.3. The summed E-state index contributed by atoms with van der Waals surface area (Å²) in [5.41, 5.74) is 25.3. The summed E-state index contributed by atoms with van der Waals surface area (Å²) >= 11 is 0. The van der Waals surface area contributed by atoms with Crippen molar-refractivity contribution in [2.24, 2.45) is 0 Å². The maximum absolute atomic E-state index is 5.81. The van der Waals surface area contributed by atoms with E-state index in [1.165, 1.54) is 0 Å². The van der Waals surface area contributed by atoms with E-state index in [0.717, 1.165) is 10.8 Å². The summed E-state index contributed by atoms with van der Waals surface area (Å²) in [5.74, 6) is 0. The zero-order valence-electron chi connectivity index (χ0n) is 7.62. The fourth-order valence-corrected chi connectivity index (χ4v) is 1.63. The number of hydrogen-bond acceptors (Lipinski definition) is 4. The van der Waals surface area contributed by atoms with Gasteiger partial charge in [0.1, 0.15) is 0 Å². The Morgan fingerprint density at radius 3 is 1.50 bits per heavy atom. The van der Waals surface area contributed by atoms with Gasteiger partial charge in [-0.05, 0) is 29.7 Å². The normalized spacial score (nSPS) is 10.6. The second-order valence-corrected chi connectivity index (χ2v) is 3.32. The van der Waals surface area contributed by atoms with Crippen LogP contribution in [0.15, 0.2) is 24.3 Å². The maximum Gasteiger partial charge on any atom is 0.0435 e. The molecule has 8 N–H and O–H groups in total. The Hall–Kier alpha value is -2.10. The van der Waals surface area contributed by atoms with Crippen LogP contribution in [0.25, 0.3) is 10.8 Å². The predicted octanol–water partition coefficient (Wildman–Crippen LogP) is 1.17. The van der Waals surface area contributed by atoms with Gasteiger partial charge < -0.3 is 22.9 Å². The molecule has 2 rings (SSSR count). The molecule has 0 atom stereocenters. The quantitative estimate of drug-likeness (QED) is 0.466. The molecule has 72 valence electrons. The summed E-state index contributed by atoms with van der Waals surface area (Å²) in [6.07, 6.45) is 0. The Morgan fingerprint density at radius 2 is 1.07 bits per heavy atom. The Morgan fingerprint density at radius 1 is 0.643 bits per heavy atom. The van der Waals surface area contributed by atoms with Gasteiger partial charge in [0, 0.05) is 28.1 Å². The van der Waals surface area contributed by atoms with Crippen molar-refractivity contribution in [1.29, 1.82) is 0 Å². The lowest BCUT2D eigenvalue weighted by Gasteiger charge is -2.08. The Bertz CT molecular complexity index is 462. The molecule has 0 saturated heterocycles. The minimum Gasteiger partial charge on any atom is -0.399 e. The van der Waals surface area contributed by atoms with Gasteiger partial charge in [-0.3, -0.25) is 0 Å². The molecule has 0 spiro atoms. The zero-order valence-corrected chi connectivity index (χ0v) is 7.62. The summed E-state index contributed by atoms with van der Waals surface area (Å²) < 4.78 is 0. The molecule has 0 bridgehead atoms. The highest BCUT2D eigenvalue weighted by Gasteiger charge is 2.04. The second kappa shape index (κ2) is 2.70. The molecule has 0 aliphatic carbocycles. The van der Waals surface area contributed by atoms with Crippen molar-refractivity contribution in [3.63, 3.8) is 0 Å². The predicted molar refractivity (Wildman–Crippen MR) is 61.6 cm³/mol. The number of nitrogen functional groups attached to an aromatic ring is 4. The first kappa shape index (κ1) is 8.50. The first-order valence-electron chi connectivity index (χ1n) is 4.21. The first-order chi connectivity index (χ1) is 6.58. The van der Waals surface area contributed by atoms with Crippen LogP contribution in [-0.2, 0) is 0 Å². The standard InChI is InChI=1S/C10H12N4/c11-6-1-5-2-7(12)4-9(14)10(5)8(13)3-6/h1-4H,11-14H2. The van der Waals surface area contributed by atoms with E-state index < -0.39 is 0 Å². The van der Waals surface area contributed by atoms with Gasteiger partial charge in [-0.25, -0.2) is 0 Å². The van der Waals surface area contributed by atoms with E-state index in [1.54, 1.807) is 24.3 Å². The molecule has 2 aromatic rings. The van der Waals surface area contributed by atoms with E-state index in [2.05, 4.69) is 0 Å². The number of anilines is 4. The smallest absolute Gasteiger partial charge is 0.0435 e. The molecule has 0 amide bonds. The number of fused-ring (bicyclic) bond motifs is 1. The molecule has 0 aliphatic heterocycles. The highest BCUT2D eigenvalue weighted by atomic mass is 14.6. The largest absolute Gasteiger partial charge is 0.399 e. The molecule has 0 fully saturated rings. The van der Waals surface area contributed by atoms with Crippen LogP contribution >= 0.6 is 0 Å². The van der Waals surface area contributed by atoms with Crippen molar-refractivity contribution < 1.29 is 0 Å². The first-order valence-corrected chi connectivity index (χ1v) is 4.21. The molecule has 4 nitrogen and oxygen atoms in total. The van der Waals surface area contributed by atoms with Gasteiger partial charge in [0.05, 0.1) is 0 Å². The van der Waals surface area contributed by atoms with Crippen molar-refractivity contribution >= 4 is 33.5 Å². The molecule has 0 heterocycles. The van der Waals surface area contributed by atoms with Crippen molar-refractivity contribution in [3.8, 4) is 0 Å². The molecule has 0 unspecified atom stereocenters.